The molecule has 2 amide bonds. The van der Waals surface area contributed by atoms with E-state index < -0.39 is 17.7 Å². The third-order valence-electron chi connectivity index (χ3n) is 9.52. The van der Waals surface area contributed by atoms with E-state index in [1.54, 1.807) is 0 Å². The monoisotopic (exact) mass is 576 g/mol. The molecule has 0 aromatic heterocycles. The first-order valence-electron chi connectivity index (χ1n) is 16.0. The molecular formula is C34H48N4O4. The Morgan fingerprint density at radius 2 is 1.60 bits per heavy atom. The number of likely N-dealkylation sites (tertiary alicyclic amines) is 1. The molecule has 1 aliphatic carbocycles. The summed E-state index contributed by atoms with van der Waals surface area (Å²) in [7, 11) is 1.93. The van der Waals surface area contributed by atoms with Crippen molar-refractivity contribution in [3.05, 3.63) is 59.7 Å². The van der Waals surface area contributed by atoms with Crippen molar-refractivity contribution in [3.8, 4) is 11.5 Å². The maximum Gasteiger partial charge on any atom is 0.248 e. The molecule has 42 heavy (non-hydrogen) atoms. The summed E-state index contributed by atoms with van der Waals surface area (Å²) in [6.07, 6.45) is 7.38. The van der Waals surface area contributed by atoms with Gasteiger partial charge in [0.1, 0.15) is 23.1 Å². The van der Waals surface area contributed by atoms with Crippen molar-refractivity contribution >= 4 is 11.8 Å². The van der Waals surface area contributed by atoms with E-state index in [0.29, 0.717) is 19.4 Å². The molecule has 1 saturated carbocycles. The highest BCUT2D eigenvalue weighted by Crippen LogP contribution is 2.36. The van der Waals surface area contributed by atoms with Crippen molar-refractivity contribution in [1.29, 1.82) is 0 Å². The van der Waals surface area contributed by atoms with Crippen molar-refractivity contribution in [2.75, 3.05) is 26.7 Å². The van der Waals surface area contributed by atoms with Crippen LogP contribution < -0.4 is 15.4 Å². The van der Waals surface area contributed by atoms with E-state index >= 15 is 0 Å². The Morgan fingerprint density at radius 1 is 0.976 bits per heavy atom. The standard InChI is InChI=1S/C34H48N4O4/c1-3-4-20-38-32(40)30(31(39)27-8-6-5-7-9-27)36-33(41)34(38)18-21-37(22-19-34)24-26-12-16-29(17-13-26)42-28-14-10-25(11-15-28)23-35-2/h10-17,27,30-31,35,39H,3-9,18-24H2,1-2H3,(H,36,41)/t30-,31-/m1/s1. The van der Waals surface area contributed by atoms with Gasteiger partial charge < -0.3 is 25.4 Å². The molecule has 8 heteroatoms. The Balaban J connectivity index is 1.19. The van der Waals surface area contributed by atoms with E-state index in [4.69, 9.17) is 4.74 Å². The van der Waals surface area contributed by atoms with Crippen molar-refractivity contribution in [1.82, 2.24) is 20.4 Å². The largest absolute Gasteiger partial charge is 0.457 e. The molecule has 2 aromatic carbocycles. The number of benzene rings is 2. The number of piperidine rings is 1. The summed E-state index contributed by atoms with van der Waals surface area (Å²) in [5, 5.41) is 17.3. The number of hydrogen-bond acceptors (Lipinski definition) is 6. The average molecular weight is 577 g/mol. The zero-order valence-electron chi connectivity index (χ0n) is 25.3. The molecule has 0 radical (unpaired) electrons. The molecule has 0 bridgehead atoms. The Kier molecular flexibility index (Phi) is 10.2. The number of nitrogens with one attached hydrogen (secondary N) is 2. The first kappa shape index (κ1) is 30.5. The summed E-state index contributed by atoms with van der Waals surface area (Å²) < 4.78 is 6.03. The summed E-state index contributed by atoms with van der Waals surface area (Å²) in [6, 6.07) is 15.5. The number of carbonyl (C=O) groups is 2. The summed E-state index contributed by atoms with van der Waals surface area (Å²) >= 11 is 0. The van der Waals surface area contributed by atoms with Crippen LogP contribution in [-0.2, 0) is 22.7 Å². The van der Waals surface area contributed by atoms with Crippen LogP contribution in [0.4, 0.5) is 0 Å². The highest BCUT2D eigenvalue weighted by molar-refractivity contribution is 6.00. The number of unbranched alkanes of at least 4 members (excludes halogenated alkanes) is 1. The van der Waals surface area contributed by atoms with Crippen LogP contribution in [0.5, 0.6) is 11.5 Å². The normalized spacial score (nSPS) is 22.3. The lowest BCUT2D eigenvalue weighted by molar-refractivity contribution is -0.166. The predicted molar refractivity (Wildman–Crippen MR) is 164 cm³/mol. The van der Waals surface area contributed by atoms with Crippen LogP contribution in [0.15, 0.2) is 48.5 Å². The fraction of sp³-hybridized carbons (Fsp3) is 0.588. The van der Waals surface area contributed by atoms with Gasteiger partial charge in [0.15, 0.2) is 0 Å². The Morgan fingerprint density at radius 3 is 2.19 bits per heavy atom. The van der Waals surface area contributed by atoms with Crippen LogP contribution in [0.25, 0.3) is 0 Å². The van der Waals surface area contributed by atoms with Crippen molar-refractivity contribution in [2.24, 2.45) is 5.92 Å². The SMILES string of the molecule is CCCCN1C(=O)[C@@H]([C@H](O)C2CCCCC2)NC(=O)C12CCN(Cc1ccc(Oc3ccc(CNC)cc3)cc1)CC2. The van der Waals surface area contributed by atoms with Crippen LogP contribution >= 0.6 is 0 Å². The highest BCUT2D eigenvalue weighted by Gasteiger charge is 2.55. The second-order valence-corrected chi connectivity index (χ2v) is 12.4. The van der Waals surface area contributed by atoms with Gasteiger partial charge in [0.05, 0.1) is 6.10 Å². The topological polar surface area (TPSA) is 94.1 Å². The van der Waals surface area contributed by atoms with Crippen LogP contribution in [0.2, 0.25) is 0 Å². The summed E-state index contributed by atoms with van der Waals surface area (Å²) in [6.45, 7) is 5.75. The number of nitrogens with zero attached hydrogens (tertiary/aromatic N) is 2. The van der Waals surface area contributed by atoms with E-state index in [-0.39, 0.29) is 17.7 Å². The number of rotatable bonds is 11. The molecule has 3 aliphatic rings. The highest BCUT2D eigenvalue weighted by atomic mass is 16.5. The smallest absolute Gasteiger partial charge is 0.248 e. The summed E-state index contributed by atoms with van der Waals surface area (Å²) in [5.74, 6) is 1.51. The van der Waals surface area contributed by atoms with Gasteiger partial charge in [-0.25, -0.2) is 0 Å². The van der Waals surface area contributed by atoms with E-state index in [1.807, 2.05) is 36.2 Å². The lowest BCUT2D eigenvalue weighted by Gasteiger charge is -2.52. The van der Waals surface area contributed by atoms with E-state index in [1.165, 1.54) is 17.5 Å². The fourth-order valence-corrected chi connectivity index (χ4v) is 6.97. The zero-order valence-corrected chi connectivity index (χ0v) is 25.3. The fourth-order valence-electron chi connectivity index (χ4n) is 6.97. The molecule has 2 aliphatic heterocycles. The van der Waals surface area contributed by atoms with E-state index in [2.05, 4.69) is 46.7 Å². The molecule has 3 N–H and O–H groups in total. The minimum atomic E-state index is -0.827. The first-order chi connectivity index (χ1) is 20.4. The van der Waals surface area contributed by atoms with Crippen LogP contribution in [0.1, 0.15) is 75.8 Å². The average Bonchev–Trinajstić information content (AvgIpc) is 3.02. The quantitative estimate of drug-likeness (QED) is 0.362. The van der Waals surface area contributed by atoms with E-state index in [0.717, 1.165) is 76.2 Å². The lowest BCUT2D eigenvalue weighted by Crippen LogP contribution is -2.75. The van der Waals surface area contributed by atoms with Crippen molar-refractivity contribution < 1.29 is 19.4 Å². The van der Waals surface area contributed by atoms with Gasteiger partial charge in [-0.1, -0.05) is 56.9 Å². The molecule has 2 saturated heterocycles. The number of ether oxygens (including phenoxy) is 1. The van der Waals surface area contributed by atoms with Gasteiger partial charge in [-0.05, 0) is 80.5 Å². The van der Waals surface area contributed by atoms with Gasteiger partial charge in [0.2, 0.25) is 11.8 Å². The van der Waals surface area contributed by atoms with Crippen LogP contribution in [0, 0.1) is 5.92 Å². The zero-order chi connectivity index (χ0) is 29.5. The Hall–Kier alpha value is -2.94. The molecule has 8 nitrogen and oxygen atoms in total. The van der Waals surface area contributed by atoms with Gasteiger partial charge in [-0.15, -0.1) is 0 Å². The van der Waals surface area contributed by atoms with E-state index in [9.17, 15) is 14.7 Å². The second-order valence-electron chi connectivity index (χ2n) is 12.4. The van der Waals surface area contributed by atoms with Crippen LogP contribution in [-0.4, -0.2) is 71.1 Å². The van der Waals surface area contributed by atoms with Crippen LogP contribution in [0.3, 0.4) is 0 Å². The maximum absolute atomic E-state index is 13.8. The van der Waals surface area contributed by atoms with Gasteiger partial charge in [-0.2, -0.15) is 0 Å². The molecule has 0 unspecified atom stereocenters. The van der Waals surface area contributed by atoms with Gasteiger partial charge in [0.25, 0.3) is 0 Å². The Labute approximate surface area is 250 Å². The summed E-state index contributed by atoms with van der Waals surface area (Å²) in [5.41, 5.74) is 1.57. The molecule has 3 fully saturated rings. The summed E-state index contributed by atoms with van der Waals surface area (Å²) in [4.78, 5) is 31.8. The van der Waals surface area contributed by atoms with Gasteiger partial charge >= 0.3 is 0 Å². The number of aliphatic hydroxyl groups excluding tert-OH is 1. The molecule has 2 aromatic rings. The minimum absolute atomic E-state index is 0.0811. The van der Waals surface area contributed by atoms with Crippen molar-refractivity contribution in [3.63, 3.8) is 0 Å². The molecule has 1 spiro atoms. The number of piperazine rings is 1. The predicted octanol–water partition coefficient (Wildman–Crippen LogP) is 4.60. The first-order valence-corrected chi connectivity index (χ1v) is 16.0. The maximum atomic E-state index is 13.8. The molecular weight excluding hydrogens is 528 g/mol. The number of carbonyl (C=O) groups excluding carboxylic acids is 2. The Bertz CT molecular complexity index is 1170. The van der Waals surface area contributed by atoms with Crippen molar-refractivity contribution in [2.45, 2.75) is 95.5 Å². The third kappa shape index (κ3) is 6.82. The molecule has 2 heterocycles. The third-order valence-corrected chi connectivity index (χ3v) is 9.52. The number of aliphatic hydroxyl groups is 1. The minimum Gasteiger partial charge on any atom is -0.457 e. The molecule has 2 atom stereocenters. The molecule has 228 valence electrons. The number of amides is 2. The second kappa shape index (κ2) is 14.0. The van der Waals surface area contributed by atoms with Gasteiger partial charge in [0, 0.05) is 32.7 Å². The number of hydrogen-bond donors (Lipinski definition) is 3. The molecule has 5 rings (SSSR count). The lowest BCUT2D eigenvalue weighted by atomic mass is 9.78. The van der Waals surface area contributed by atoms with Gasteiger partial charge in [-0.3, -0.25) is 14.5 Å².